The van der Waals surface area contributed by atoms with Crippen molar-refractivity contribution in [1.82, 2.24) is 9.88 Å². The van der Waals surface area contributed by atoms with Gasteiger partial charge in [-0.2, -0.15) is 13.2 Å². The molecule has 0 N–H and O–H groups in total. The SMILES string of the molecule is O=C(Cc1cccc(C(F)(F)F)c1)N1CC[C@@H](Oc2ccncc2Cl)C1. The van der Waals surface area contributed by atoms with Crippen molar-refractivity contribution in [1.29, 1.82) is 0 Å². The third-order valence-electron chi connectivity index (χ3n) is 4.14. The Morgan fingerprint density at radius 1 is 1.35 bits per heavy atom. The number of benzene rings is 1. The second kappa shape index (κ2) is 7.53. The predicted octanol–water partition coefficient (Wildman–Crippen LogP) is 3.98. The molecule has 2 heterocycles. The maximum Gasteiger partial charge on any atom is 0.416 e. The van der Waals surface area contributed by atoms with Gasteiger partial charge < -0.3 is 9.64 Å². The molecule has 1 fully saturated rings. The Bertz CT molecular complexity index is 798. The molecule has 1 aliphatic heterocycles. The van der Waals surface area contributed by atoms with Crippen molar-refractivity contribution in [2.75, 3.05) is 13.1 Å². The summed E-state index contributed by atoms with van der Waals surface area (Å²) < 4.78 is 44.1. The van der Waals surface area contributed by atoms with Crippen molar-refractivity contribution in [3.05, 3.63) is 58.9 Å². The fourth-order valence-corrected chi connectivity index (χ4v) is 3.00. The number of halogens is 4. The zero-order valence-corrected chi connectivity index (χ0v) is 14.4. The number of carbonyl (C=O) groups is 1. The van der Waals surface area contributed by atoms with Crippen molar-refractivity contribution in [3.8, 4) is 5.75 Å². The van der Waals surface area contributed by atoms with Crippen molar-refractivity contribution in [3.63, 3.8) is 0 Å². The maximum absolute atomic E-state index is 12.8. The number of hydrogen-bond donors (Lipinski definition) is 0. The van der Waals surface area contributed by atoms with Crippen LogP contribution in [0.4, 0.5) is 13.2 Å². The van der Waals surface area contributed by atoms with E-state index in [1.807, 2.05) is 0 Å². The lowest BCUT2D eigenvalue weighted by atomic mass is 10.1. The van der Waals surface area contributed by atoms with Crippen LogP contribution in [0.5, 0.6) is 5.75 Å². The highest BCUT2D eigenvalue weighted by Crippen LogP contribution is 2.30. The summed E-state index contributed by atoms with van der Waals surface area (Å²) in [5.41, 5.74) is -0.413. The fourth-order valence-electron chi connectivity index (χ4n) is 2.83. The van der Waals surface area contributed by atoms with Gasteiger partial charge in [0.15, 0.2) is 0 Å². The molecule has 4 nitrogen and oxygen atoms in total. The summed E-state index contributed by atoms with van der Waals surface area (Å²) in [5, 5.41) is 0.390. The Hall–Kier alpha value is -2.28. The lowest BCUT2D eigenvalue weighted by molar-refractivity contribution is -0.138. The topological polar surface area (TPSA) is 42.4 Å². The number of ether oxygens (including phenoxy) is 1. The van der Waals surface area contributed by atoms with Crippen LogP contribution in [0.15, 0.2) is 42.7 Å². The molecule has 2 aromatic rings. The zero-order chi connectivity index (χ0) is 18.7. The molecular weight excluding hydrogens is 369 g/mol. The molecule has 1 aromatic carbocycles. The van der Waals surface area contributed by atoms with Gasteiger partial charge in [0.05, 0.1) is 18.5 Å². The third-order valence-corrected chi connectivity index (χ3v) is 4.42. The molecule has 138 valence electrons. The molecule has 1 atom stereocenters. The van der Waals surface area contributed by atoms with Crippen LogP contribution in [0.1, 0.15) is 17.5 Å². The summed E-state index contributed by atoms with van der Waals surface area (Å²) >= 11 is 6.00. The Morgan fingerprint density at radius 2 is 2.15 bits per heavy atom. The first-order chi connectivity index (χ1) is 12.3. The maximum atomic E-state index is 12.8. The number of aromatic nitrogens is 1. The van der Waals surface area contributed by atoms with Gasteiger partial charge in [0.25, 0.3) is 0 Å². The van der Waals surface area contributed by atoms with Crippen molar-refractivity contribution < 1.29 is 22.7 Å². The van der Waals surface area contributed by atoms with Crippen LogP contribution in [-0.4, -0.2) is 35.0 Å². The van der Waals surface area contributed by atoms with E-state index in [1.54, 1.807) is 17.2 Å². The molecule has 0 saturated carbocycles. The summed E-state index contributed by atoms with van der Waals surface area (Å²) in [4.78, 5) is 17.9. The first-order valence-corrected chi connectivity index (χ1v) is 8.41. The van der Waals surface area contributed by atoms with E-state index in [0.29, 0.717) is 35.8 Å². The molecular formula is C18H16ClF3N2O2. The molecule has 26 heavy (non-hydrogen) atoms. The standard InChI is InChI=1S/C18H16ClF3N2O2/c19-15-10-23-6-4-16(15)26-14-5-7-24(11-14)17(25)9-12-2-1-3-13(8-12)18(20,21)22/h1-4,6,8,10,14H,5,7,9,11H2/t14-/m1/s1. The number of pyridine rings is 1. The first kappa shape index (κ1) is 18.5. The van der Waals surface area contributed by atoms with Crippen LogP contribution < -0.4 is 4.74 Å². The Balaban J connectivity index is 1.59. The molecule has 0 spiro atoms. The van der Waals surface area contributed by atoms with Gasteiger partial charge in [0.1, 0.15) is 16.9 Å². The van der Waals surface area contributed by atoms with Crippen LogP contribution in [0, 0.1) is 0 Å². The number of rotatable bonds is 4. The predicted molar refractivity (Wildman–Crippen MR) is 90.0 cm³/mol. The minimum Gasteiger partial charge on any atom is -0.487 e. The molecule has 3 rings (SSSR count). The van der Waals surface area contributed by atoms with Gasteiger partial charge >= 0.3 is 6.18 Å². The van der Waals surface area contributed by atoms with Gasteiger partial charge in [-0.15, -0.1) is 0 Å². The van der Waals surface area contributed by atoms with Gasteiger partial charge in [-0.3, -0.25) is 9.78 Å². The average molecular weight is 385 g/mol. The summed E-state index contributed by atoms with van der Waals surface area (Å²) in [6.45, 7) is 0.863. The molecule has 1 amide bonds. The van der Waals surface area contributed by atoms with E-state index in [-0.39, 0.29) is 18.4 Å². The van der Waals surface area contributed by atoms with E-state index in [9.17, 15) is 18.0 Å². The van der Waals surface area contributed by atoms with Crippen LogP contribution in [-0.2, 0) is 17.4 Å². The fraction of sp³-hybridized carbons (Fsp3) is 0.333. The summed E-state index contributed by atoms with van der Waals surface area (Å²) in [5.74, 6) is 0.273. The molecule has 1 aliphatic rings. The van der Waals surface area contributed by atoms with E-state index < -0.39 is 11.7 Å². The lowest BCUT2D eigenvalue weighted by Crippen LogP contribution is -2.32. The number of carbonyl (C=O) groups excluding carboxylic acids is 1. The van der Waals surface area contributed by atoms with Crippen LogP contribution in [0.3, 0.4) is 0 Å². The van der Waals surface area contributed by atoms with Crippen molar-refractivity contribution in [2.24, 2.45) is 0 Å². The zero-order valence-electron chi connectivity index (χ0n) is 13.7. The van der Waals surface area contributed by atoms with E-state index in [0.717, 1.165) is 12.1 Å². The molecule has 8 heteroatoms. The third kappa shape index (κ3) is 4.46. The quantitative estimate of drug-likeness (QED) is 0.801. The highest BCUT2D eigenvalue weighted by atomic mass is 35.5. The van der Waals surface area contributed by atoms with Crippen LogP contribution in [0.2, 0.25) is 5.02 Å². The summed E-state index contributed by atoms with van der Waals surface area (Å²) in [7, 11) is 0. The molecule has 0 unspecified atom stereocenters. The van der Waals surface area contributed by atoms with Crippen molar-refractivity contribution >= 4 is 17.5 Å². The van der Waals surface area contributed by atoms with E-state index in [2.05, 4.69) is 4.98 Å². The Morgan fingerprint density at radius 3 is 2.88 bits per heavy atom. The van der Waals surface area contributed by atoms with Gasteiger partial charge in [-0.25, -0.2) is 0 Å². The van der Waals surface area contributed by atoms with Gasteiger partial charge in [-0.1, -0.05) is 29.8 Å². The van der Waals surface area contributed by atoms with E-state index in [4.69, 9.17) is 16.3 Å². The monoisotopic (exact) mass is 384 g/mol. The number of hydrogen-bond acceptors (Lipinski definition) is 3. The minimum atomic E-state index is -4.42. The lowest BCUT2D eigenvalue weighted by Gasteiger charge is -2.18. The number of likely N-dealkylation sites (tertiary alicyclic amines) is 1. The number of amides is 1. The highest BCUT2D eigenvalue weighted by molar-refractivity contribution is 6.31. The Kier molecular flexibility index (Phi) is 5.36. The smallest absolute Gasteiger partial charge is 0.416 e. The van der Waals surface area contributed by atoms with Gasteiger partial charge in [0, 0.05) is 31.4 Å². The van der Waals surface area contributed by atoms with Gasteiger partial charge in [0.2, 0.25) is 5.91 Å². The molecule has 0 bridgehead atoms. The highest BCUT2D eigenvalue weighted by Gasteiger charge is 2.31. The number of nitrogens with zero attached hydrogens (tertiary/aromatic N) is 2. The van der Waals surface area contributed by atoms with Crippen molar-refractivity contribution in [2.45, 2.75) is 25.1 Å². The molecule has 1 saturated heterocycles. The van der Waals surface area contributed by atoms with Gasteiger partial charge in [-0.05, 0) is 11.6 Å². The average Bonchev–Trinajstić information content (AvgIpc) is 3.05. The van der Waals surface area contributed by atoms with E-state index >= 15 is 0 Å². The Labute approximate surface area is 153 Å². The summed E-state index contributed by atoms with van der Waals surface area (Å²) in [6, 6.07) is 6.49. The second-order valence-corrected chi connectivity index (χ2v) is 6.46. The van der Waals surface area contributed by atoms with E-state index in [1.165, 1.54) is 18.3 Å². The number of alkyl halides is 3. The summed E-state index contributed by atoms with van der Waals surface area (Å²) in [6.07, 6.45) is -1.04. The molecule has 0 aliphatic carbocycles. The van der Waals surface area contributed by atoms with Crippen LogP contribution in [0.25, 0.3) is 0 Å². The minimum absolute atomic E-state index is 0.0767. The molecule has 1 aromatic heterocycles. The first-order valence-electron chi connectivity index (χ1n) is 8.03. The second-order valence-electron chi connectivity index (χ2n) is 6.05. The largest absolute Gasteiger partial charge is 0.487 e. The molecule has 0 radical (unpaired) electrons. The normalized spacial score (nSPS) is 17.4. The van der Waals surface area contributed by atoms with Crippen LogP contribution >= 0.6 is 11.6 Å².